The minimum Gasteiger partial charge on any atom is -0.313 e. The second-order valence-corrected chi connectivity index (χ2v) is 7.23. The third-order valence-corrected chi connectivity index (χ3v) is 5.74. The first-order chi connectivity index (χ1) is 9.74. The van der Waals surface area contributed by atoms with Gasteiger partial charge in [-0.3, -0.25) is 0 Å². The number of thiazole rings is 1. The second kappa shape index (κ2) is 5.82. The molecule has 1 saturated carbocycles. The Balaban J connectivity index is 1.76. The van der Waals surface area contributed by atoms with Crippen molar-refractivity contribution in [2.75, 3.05) is 6.54 Å². The van der Waals surface area contributed by atoms with E-state index in [2.05, 4.69) is 43.4 Å². The molecule has 1 aromatic carbocycles. The Morgan fingerprint density at radius 2 is 2.00 bits per heavy atom. The summed E-state index contributed by atoms with van der Waals surface area (Å²) in [5, 5.41) is 5.03. The van der Waals surface area contributed by atoms with Gasteiger partial charge in [0.05, 0.1) is 15.2 Å². The molecule has 0 radical (unpaired) electrons. The minimum atomic E-state index is 0.371. The SMILES string of the molecule is CCC(CC)(CNC1CC1)Cc1nc2ccccc2s1. The van der Waals surface area contributed by atoms with Crippen molar-refractivity contribution in [1.82, 2.24) is 10.3 Å². The summed E-state index contributed by atoms with van der Waals surface area (Å²) in [6.45, 7) is 5.79. The number of fused-ring (bicyclic) bond motifs is 1. The summed E-state index contributed by atoms with van der Waals surface area (Å²) in [6.07, 6.45) is 6.28. The van der Waals surface area contributed by atoms with E-state index in [-0.39, 0.29) is 0 Å². The van der Waals surface area contributed by atoms with Gasteiger partial charge in [-0.25, -0.2) is 4.98 Å². The van der Waals surface area contributed by atoms with E-state index in [0.717, 1.165) is 24.5 Å². The average molecular weight is 288 g/mol. The summed E-state index contributed by atoms with van der Waals surface area (Å²) in [5.74, 6) is 0. The summed E-state index contributed by atoms with van der Waals surface area (Å²) in [5.41, 5.74) is 1.53. The topological polar surface area (TPSA) is 24.9 Å². The molecule has 1 heterocycles. The van der Waals surface area contributed by atoms with Crippen LogP contribution < -0.4 is 5.32 Å². The molecule has 1 aliphatic rings. The third-order valence-electron chi connectivity index (χ3n) is 4.71. The summed E-state index contributed by atoms with van der Waals surface area (Å²) in [6, 6.07) is 9.28. The van der Waals surface area contributed by atoms with Crippen molar-refractivity contribution in [3.8, 4) is 0 Å². The summed E-state index contributed by atoms with van der Waals surface area (Å²) in [7, 11) is 0. The molecular weight excluding hydrogens is 264 g/mol. The fourth-order valence-corrected chi connectivity index (χ4v) is 3.92. The number of benzene rings is 1. The highest BCUT2D eigenvalue weighted by molar-refractivity contribution is 7.18. The first-order valence-electron chi connectivity index (χ1n) is 7.82. The lowest BCUT2D eigenvalue weighted by Crippen LogP contribution is -2.36. The number of hydrogen-bond donors (Lipinski definition) is 1. The van der Waals surface area contributed by atoms with E-state index in [1.54, 1.807) is 0 Å². The Hall–Kier alpha value is -0.930. The van der Waals surface area contributed by atoms with E-state index < -0.39 is 0 Å². The number of hydrogen-bond acceptors (Lipinski definition) is 3. The molecule has 108 valence electrons. The highest BCUT2D eigenvalue weighted by Gasteiger charge is 2.31. The summed E-state index contributed by atoms with van der Waals surface area (Å²) < 4.78 is 1.32. The number of nitrogens with zero attached hydrogens (tertiary/aromatic N) is 1. The molecule has 0 bridgehead atoms. The van der Waals surface area contributed by atoms with Gasteiger partial charge in [0, 0.05) is 19.0 Å². The Bertz CT molecular complexity index is 534. The van der Waals surface area contributed by atoms with Gasteiger partial charge in [-0.2, -0.15) is 0 Å². The number of aromatic nitrogens is 1. The maximum Gasteiger partial charge on any atom is 0.0944 e. The van der Waals surface area contributed by atoms with Crippen LogP contribution in [0.5, 0.6) is 0 Å². The molecule has 0 saturated heterocycles. The van der Waals surface area contributed by atoms with Gasteiger partial charge >= 0.3 is 0 Å². The lowest BCUT2D eigenvalue weighted by atomic mass is 9.79. The highest BCUT2D eigenvalue weighted by Crippen LogP contribution is 2.34. The van der Waals surface area contributed by atoms with Gasteiger partial charge < -0.3 is 5.32 Å². The van der Waals surface area contributed by atoms with Crippen LogP contribution in [-0.2, 0) is 6.42 Å². The Morgan fingerprint density at radius 1 is 1.25 bits per heavy atom. The van der Waals surface area contributed by atoms with Gasteiger partial charge in [-0.15, -0.1) is 11.3 Å². The van der Waals surface area contributed by atoms with E-state index >= 15 is 0 Å². The smallest absolute Gasteiger partial charge is 0.0944 e. The molecule has 0 aliphatic heterocycles. The van der Waals surface area contributed by atoms with Crippen molar-refractivity contribution < 1.29 is 0 Å². The van der Waals surface area contributed by atoms with Crippen LogP contribution in [0.2, 0.25) is 0 Å². The summed E-state index contributed by atoms with van der Waals surface area (Å²) >= 11 is 1.87. The van der Waals surface area contributed by atoms with Crippen molar-refractivity contribution >= 4 is 21.6 Å². The van der Waals surface area contributed by atoms with Crippen molar-refractivity contribution in [3.05, 3.63) is 29.3 Å². The molecule has 0 unspecified atom stereocenters. The van der Waals surface area contributed by atoms with Crippen LogP contribution >= 0.6 is 11.3 Å². The third kappa shape index (κ3) is 3.04. The molecule has 0 spiro atoms. The van der Waals surface area contributed by atoms with Crippen LogP contribution in [0.15, 0.2) is 24.3 Å². The van der Waals surface area contributed by atoms with Crippen LogP contribution in [0.4, 0.5) is 0 Å². The lowest BCUT2D eigenvalue weighted by molar-refractivity contribution is 0.245. The lowest BCUT2D eigenvalue weighted by Gasteiger charge is -2.31. The minimum absolute atomic E-state index is 0.371. The van der Waals surface area contributed by atoms with Crippen LogP contribution in [0.25, 0.3) is 10.2 Å². The van der Waals surface area contributed by atoms with Gasteiger partial charge in [-0.1, -0.05) is 26.0 Å². The largest absolute Gasteiger partial charge is 0.313 e. The molecule has 20 heavy (non-hydrogen) atoms. The van der Waals surface area contributed by atoms with E-state index in [1.807, 2.05) is 11.3 Å². The van der Waals surface area contributed by atoms with E-state index in [1.165, 1.54) is 35.4 Å². The molecule has 0 atom stereocenters. The summed E-state index contributed by atoms with van der Waals surface area (Å²) in [4.78, 5) is 4.83. The van der Waals surface area contributed by atoms with Gasteiger partial charge in [-0.05, 0) is 43.2 Å². The standard InChI is InChI=1S/C17H24N2S/c1-3-17(4-2,12-18-13-9-10-13)11-16-19-14-7-5-6-8-15(14)20-16/h5-8,13,18H,3-4,9-12H2,1-2H3. The normalized spacial score (nSPS) is 15.9. The average Bonchev–Trinajstić information content (AvgIpc) is 3.22. The fourth-order valence-electron chi connectivity index (χ4n) is 2.78. The van der Waals surface area contributed by atoms with Crippen LogP contribution in [0, 0.1) is 5.41 Å². The number of nitrogens with one attached hydrogen (secondary N) is 1. The molecule has 2 nitrogen and oxygen atoms in total. The molecule has 1 N–H and O–H groups in total. The molecule has 1 fully saturated rings. The Morgan fingerprint density at radius 3 is 2.65 bits per heavy atom. The quantitative estimate of drug-likeness (QED) is 0.817. The van der Waals surface area contributed by atoms with Gasteiger partial charge in [0.1, 0.15) is 0 Å². The molecule has 1 aliphatic carbocycles. The van der Waals surface area contributed by atoms with Crippen molar-refractivity contribution in [2.24, 2.45) is 5.41 Å². The van der Waals surface area contributed by atoms with Crippen LogP contribution in [0.1, 0.15) is 44.5 Å². The molecule has 0 amide bonds. The van der Waals surface area contributed by atoms with Crippen molar-refractivity contribution in [3.63, 3.8) is 0 Å². The van der Waals surface area contributed by atoms with Gasteiger partial charge in [0.15, 0.2) is 0 Å². The first kappa shape index (κ1) is 14.0. The Kier molecular flexibility index (Phi) is 4.08. The van der Waals surface area contributed by atoms with E-state index in [9.17, 15) is 0 Å². The molecule has 3 heteroatoms. The Labute approximate surface area is 125 Å². The molecule has 2 aromatic rings. The predicted octanol–water partition coefficient (Wildman–Crippen LogP) is 4.40. The zero-order chi connectivity index (χ0) is 14.0. The number of rotatable bonds is 7. The zero-order valence-corrected chi connectivity index (χ0v) is 13.3. The molecular formula is C17H24N2S. The molecule has 1 aromatic heterocycles. The van der Waals surface area contributed by atoms with Gasteiger partial charge in [0.2, 0.25) is 0 Å². The second-order valence-electron chi connectivity index (χ2n) is 6.11. The maximum absolute atomic E-state index is 4.83. The highest BCUT2D eigenvalue weighted by atomic mass is 32.1. The fraction of sp³-hybridized carbons (Fsp3) is 0.588. The van der Waals surface area contributed by atoms with Crippen LogP contribution in [0.3, 0.4) is 0 Å². The monoisotopic (exact) mass is 288 g/mol. The van der Waals surface area contributed by atoms with Crippen molar-refractivity contribution in [1.29, 1.82) is 0 Å². The first-order valence-corrected chi connectivity index (χ1v) is 8.64. The van der Waals surface area contributed by atoms with E-state index in [0.29, 0.717) is 5.41 Å². The van der Waals surface area contributed by atoms with Crippen molar-refractivity contribution in [2.45, 2.75) is 52.0 Å². The zero-order valence-electron chi connectivity index (χ0n) is 12.5. The van der Waals surface area contributed by atoms with Crippen LogP contribution in [-0.4, -0.2) is 17.6 Å². The predicted molar refractivity (Wildman–Crippen MR) is 87.4 cm³/mol. The van der Waals surface area contributed by atoms with E-state index in [4.69, 9.17) is 4.98 Å². The molecule has 3 rings (SSSR count). The maximum atomic E-state index is 4.83. The van der Waals surface area contributed by atoms with Gasteiger partial charge in [0.25, 0.3) is 0 Å². The number of para-hydroxylation sites is 1.